The second-order valence-electron chi connectivity index (χ2n) is 4.38. The van der Waals surface area contributed by atoms with Gasteiger partial charge in [-0.05, 0) is 23.6 Å². The van der Waals surface area contributed by atoms with Gasteiger partial charge in [0.1, 0.15) is 12.4 Å². The highest BCUT2D eigenvalue weighted by molar-refractivity contribution is 7.12. The van der Waals surface area contributed by atoms with Crippen LogP contribution in [0.4, 0.5) is 11.4 Å². The summed E-state index contributed by atoms with van der Waals surface area (Å²) in [5.41, 5.74) is 1.81. The molecule has 1 aromatic heterocycles. The second-order valence-corrected chi connectivity index (χ2v) is 5.33. The van der Waals surface area contributed by atoms with Crippen LogP contribution in [0.25, 0.3) is 0 Å². The summed E-state index contributed by atoms with van der Waals surface area (Å²) >= 11 is 1.43. The third-order valence-electron chi connectivity index (χ3n) is 3.06. The van der Waals surface area contributed by atoms with E-state index in [1.807, 2.05) is 42.8 Å². The molecule has 1 aromatic carbocycles. The van der Waals surface area contributed by atoms with Crippen LogP contribution < -0.4 is 15.0 Å². The highest BCUT2D eigenvalue weighted by Crippen LogP contribution is 2.33. The van der Waals surface area contributed by atoms with E-state index in [4.69, 9.17) is 4.74 Å². The molecule has 0 saturated carbocycles. The molecule has 1 amide bonds. The van der Waals surface area contributed by atoms with E-state index in [2.05, 4.69) is 10.2 Å². The van der Waals surface area contributed by atoms with Crippen molar-refractivity contribution in [1.82, 2.24) is 0 Å². The number of amides is 1. The number of hydrogen-bond acceptors (Lipinski definition) is 4. The maximum Gasteiger partial charge on any atom is 0.265 e. The first kappa shape index (κ1) is 12.0. The summed E-state index contributed by atoms with van der Waals surface area (Å²) in [5.74, 6) is 0.733. The van der Waals surface area contributed by atoms with Crippen LogP contribution in [0.2, 0.25) is 0 Å². The zero-order valence-electron chi connectivity index (χ0n) is 10.6. The molecule has 1 aliphatic heterocycles. The maximum atomic E-state index is 12.0. The molecule has 4 nitrogen and oxygen atoms in total. The number of thiophene rings is 1. The van der Waals surface area contributed by atoms with Crippen molar-refractivity contribution < 1.29 is 9.53 Å². The summed E-state index contributed by atoms with van der Waals surface area (Å²) in [6.07, 6.45) is 0. The Bertz CT molecular complexity index is 595. The van der Waals surface area contributed by atoms with Gasteiger partial charge in [0.15, 0.2) is 0 Å². The molecule has 3 rings (SSSR count). The lowest BCUT2D eigenvalue weighted by Crippen LogP contribution is -2.28. The van der Waals surface area contributed by atoms with E-state index < -0.39 is 0 Å². The maximum absolute atomic E-state index is 12.0. The Kier molecular flexibility index (Phi) is 3.13. The molecule has 0 atom stereocenters. The molecule has 0 fully saturated rings. The minimum atomic E-state index is -0.0842. The fraction of sp³-hybridized carbons (Fsp3) is 0.214. The first-order chi connectivity index (χ1) is 9.24. The summed E-state index contributed by atoms with van der Waals surface area (Å²) in [5, 5.41) is 4.77. The first-order valence-corrected chi connectivity index (χ1v) is 6.95. The Morgan fingerprint density at radius 2 is 2.32 bits per heavy atom. The van der Waals surface area contributed by atoms with Crippen molar-refractivity contribution in [2.45, 2.75) is 0 Å². The third kappa shape index (κ3) is 2.42. The van der Waals surface area contributed by atoms with Gasteiger partial charge in [0.2, 0.25) is 0 Å². The Labute approximate surface area is 115 Å². The van der Waals surface area contributed by atoms with E-state index in [9.17, 15) is 4.79 Å². The lowest BCUT2D eigenvalue weighted by atomic mass is 10.2. The predicted octanol–water partition coefficient (Wildman–Crippen LogP) is 2.83. The van der Waals surface area contributed by atoms with Gasteiger partial charge >= 0.3 is 0 Å². The number of fused-ring (bicyclic) bond motifs is 1. The number of benzene rings is 1. The Morgan fingerprint density at radius 1 is 1.42 bits per heavy atom. The highest BCUT2D eigenvalue weighted by Gasteiger charge is 2.16. The number of carbonyl (C=O) groups is 1. The quantitative estimate of drug-likeness (QED) is 0.915. The number of carbonyl (C=O) groups excluding carboxylic acids is 1. The molecule has 5 heteroatoms. The van der Waals surface area contributed by atoms with E-state index in [0.29, 0.717) is 11.5 Å². The average molecular weight is 274 g/mol. The van der Waals surface area contributed by atoms with E-state index in [1.54, 1.807) is 0 Å². The largest absolute Gasteiger partial charge is 0.489 e. The minimum absolute atomic E-state index is 0.0842. The van der Waals surface area contributed by atoms with Crippen molar-refractivity contribution in [2.75, 3.05) is 30.4 Å². The Balaban J connectivity index is 1.81. The predicted molar refractivity (Wildman–Crippen MR) is 77.5 cm³/mol. The lowest BCUT2D eigenvalue weighted by Gasteiger charge is -2.27. The van der Waals surface area contributed by atoms with Crippen LogP contribution in [0.1, 0.15) is 9.67 Å². The normalized spacial score (nSPS) is 13.6. The van der Waals surface area contributed by atoms with Crippen molar-refractivity contribution in [2.24, 2.45) is 0 Å². The van der Waals surface area contributed by atoms with Crippen molar-refractivity contribution in [3.63, 3.8) is 0 Å². The summed E-state index contributed by atoms with van der Waals surface area (Å²) in [7, 11) is 2.03. The van der Waals surface area contributed by atoms with Crippen molar-refractivity contribution in [1.29, 1.82) is 0 Å². The molecule has 0 radical (unpaired) electrons. The number of rotatable bonds is 2. The topological polar surface area (TPSA) is 41.6 Å². The molecule has 98 valence electrons. The third-order valence-corrected chi connectivity index (χ3v) is 3.93. The lowest BCUT2D eigenvalue weighted by molar-refractivity contribution is 0.103. The van der Waals surface area contributed by atoms with E-state index in [-0.39, 0.29) is 5.91 Å². The van der Waals surface area contributed by atoms with Crippen LogP contribution in [0.15, 0.2) is 35.7 Å². The number of nitrogens with one attached hydrogen (secondary N) is 1. The number of anilines is 2. The fourth-order valence-electron chi connectivity index (χ4n) is 2.04. The highest BCUT2D eigenvalue weighted by atomic mass is 32.1. The van der Waals surface area contributed by atoms with Gasteiger partial charge in [0.05, 0.1) is 17.1 Å². The molecule has 0 bridgehead atoms. The second kappa shape index (κ2) is 4.93. The van der Waals surface area contributed by atoms with Gasteiger partial charge in [-0.1, -0.05) is 6.07 Å². The summed E-state index contributed by atoms with van der Waals surface area (Å²) < 4.78 is 5.62. The van der Waals surface area contributed by atoms with Gasteiger partial charge in [-0.15, -0.1) is 11.3 Å². The summed E-state index contributed by atoms with van der Waals surface area (Å²) in [6.45, 7) is 1.56. The van der Waals surface area contributed by atoms with Gasteiger partial charge in [-0.3, -0.25) is 4.79 Å². The molecular weight excluding hydrogens is 260 g/mol. The Hall–Kier alpha value is -2.01. The van der Waals surface area contributed by atoms with Crippen LogP contribution in [0.5, 0.6) is 5.75 Å². The molecule has 0 saturated heterocycles. The van der Waals surface area contributed by atoms with Gasteiger partial charge < -0.3 is 15.0 Å². The molecule has 0 unspecified atom stereocenters. The number of nitrogens with zero attached hydrogens (tertiary/aromatic N) is 1. The molecule has 2 heterocycles. The van der Waals surface area contributed by atoms with E-state index >= 15 is 0 Å². The first-order valence-electron chi connectivity index (χ1n) is 6.07. The van der Waals surface area contributed by atoms with Crippen LogP contribution in [-0.2, 0) is 0 Å². The molecule has 1 aliphatic rings. The summed E-state index contributed by atoms with van der Waals surface area (Å²) in [6, 6.07) is 9.41. The number of ether oxygens (including phenoxy) is 1. The number of likely N-dealkylation sites (N-methyl/N-ethyl adjacent to an activating group) is 1. The Morgan fingerprint density at radius 3 is 3.11 bits per heavy atom. The SMILES string of the molecule is CN1CCOc2cc(NC(=O)c3cccs3)ccc21. The molecule has 19 heavy (non-hydrogen) atoms. The van der Waals surface area contributed by atoms with E-state index in [1.165, 1.54) is 11.3 Å². The van der Waals surface area contributed by atoms with Crippen molar-refractivity contribution >= 4 is 28.6 Å². The minimum Gasteiger partial charge on any atom is -0.489 e. The molecular formula is C14H14N2O2S. The fourth-order valence-corrected chi connectivity index (χ4v) is 2.66. The van der Waals surface area contributed by atoms with Crippen LogP contribution in [-0.4, -0.2) is 26.1 Å². The molecule has 0 spiro atoms. The van der Waals surface area contributed by atoms with Gasteiger partial charge in [-0.2, -0.15) is 0 Å². The zero-order valence-corrected chi connectivity index (χ0v) is 11.4. The van der Waals surface area contributed by atoms with Gasteiger partial charge in [-0.25, -0.2) is 0 Å². The molecule has 1 N–H and O–H groups in total. The van der Waals surface area contributed by atoms with Crippen molar-refractivity contribution in [3.05, 3.63) is 40.6 Å². The standard InChI is InChI=1S/C14H14N2O2S/c1-16-6-7-18-12-9-10(4-5-11(12)16)15-14(17)13-3-2-8-19-13/h2-5,8-9H,6-7H2,1H3,(H,15,17). The number of hydrogen-bond donors (Lipinski definition) is 1. The molecule has 2 aromatic rings. The van der Waals surface area contributed by atoms with Gasteiger partial charge in [0.25, 0.3) is 5.91 Å². The van der Waals surface area contributed by atoms with Crippen molar-refractivity contribution in [3.8, 4) is 5.75 Å². The smallest absolute Gasteiger partial charge is 0.265 e. The monoisotopic (exact) mass is 274 g/mol. The zero-order chi connectivity index (χ0) is 13.2. The van der Waals surface area contributed by atoms with E-state index in [0.717, 1.165) is 23.7 Å². The van der Waals surface area contributed by atoms with Crippen LogP contribution in [0.3, 0.4) is 0 Å². The summed E-state index contributed by atoms with van der Waals surface area (Å²) in [4.78, 5) is 14.8. The van der Waals surface area contributed by atoms with Gasteiger partial charge in [0, 0.05) is 18.8 Å². The average Bonchev–Trinajstić information content (AvgIpc) is 2.93. The molecule has 0 aliphatic carbocycles. The van der Waals surface area contributed by atoms with Crippen LogP contribution >= 0.6 is 11.3 Å². The van der Waals surface area contributed by atoms with Crippen LogP contribution in [0, 0.1) is 0 Å².